The van der Waals surface area contributed by atoms with Crippen molar-refractivity contribution in [3.63, 3.8) is 0 Å². The van der Waals surface area contributed by atoms with Crippen molar-refractivity contribution in [2.24, 2.45) is 0 Å². The molecule has 0 spiro atoms. The smallest absolute Gasteiger partial charge is 0.343 e. The highest BCUT2D eigenvalue weighted by molar-refractivity contribution is 5.84. The maximum absolute atomic E-state index is 13.0. The second-order valence-corrected chi connectivity index (χ2v) is 3.82. The summed E-state index contributed by atoms with van der Waals surface area (Å²) in [5.74, 6) is -0.182. The third-order valence-electron chi connectivity index (χ3n) is 2.43. The lowest BCUT2D eigenvalue weighted by molar-refractivity contribution is 0.509. The van der Waals surface area contributed by atoms with Gasteiger partial charge in [0.15, 0.2) is 0 Å². The fourth-order valence-corrected chi connectivity index (χ4v) is 1.63. The van der Waals surface area contributed by atoms with E-state index in [1.54, 1.807) is 6.07 Å². The average molecular weight is 206 g/mol. The van der Waals surface area contributed by atoms with Gasteiger partial charge in [-0.25, -0.2) is 9.18 Å². The Balaban J connectivity index is 2.89. The predicted octanol–water partition coefficient (Wildman–Crippen LogP) is 3.06. The summed E-state index contributed by atoms with van der Waals surface area (Å²) in [6, 6.07) is 4.19. The Bertz CT molecular complexity index is 555. The summed E-state index contributed by atoms with van der Waals surface area (Å²) in [5.41, 5.74) is 0.429. The van der Waals surface area contributed by atoms with Gasteiger partial charge in [0.2, 0.25) is 0 Å². The fourth-order valence-electron chi connectivity index (χ4n) is 1.63. The molecule has 0 atom stereocenters. The minimum Gasteiger partial charge on any atom is -0.431 e. The molecular formula is C12H11FO2. The van der Waals surface area contributed by atoms with E-state index in [4.69, 9.17) is 4.42 Å². The van der Waals surface area contributed by atoms with Crippen LogP contribution in [0.25, 0.3) is 10.8 Å². The molecule has 0 aliphatic rings. The molecule has 1 aromatic heterocycles. The molecule has 0 aliphatic carbocycles. The first-order chi connectivity index (χ1) is 7.09. The molecule has 0 bridgehead atoms. The van der Waals surface area contributed by atoms with Crippen LogP contribution in [0.3, 0.4) is 0 Å². The maximum atomic E-state index is 13.0. The Morgan fingerprint density at radius 2 is 2.00 bits per heavy atom. The number of fused-ring (bicyclic) bond motifs is 1. The quantitative estimate of drug-likeness (QED) is 0.717. The molecule has 1 aromatic carbocycles. The molecule has 2 aromatic rings. The highest BCUT2D eigenvalue weighted by atomic mass is 19.1. The Labute approximate surface area is 86.3 Å². The zero-order chi connectivity index (χ0) is 11.0. The minimum atomic E-state index is -0.492. The summed E-state index contributed by atoms with van der Waals surface area (Å²) in [5, 5.41) is 1.07. The van der Waals surface area contributed by atoms with Gasteiger partial charge in [-0.15, -0.1) is 0 Å². The number of hydrogen-bond acceptors (Lipinski definition) is 2. The fraction of sp³-hybridized carbons (Fsp3) is 0.250. The lowest BCUT2D eigenvalue weighted by atomic mass is 9.99. The minimum absolute atomic E-state index is 0.238. The van der Waals surface area contributed by atoms with Crippen LogP contribution in [0, 0.1) is 5.82 Å². The van der Waals surface area contributed by atoms with Crippen LogP contribution in [-0.4, -0.2) is 0 Å². The van der Waals surface area contributed by atoms with E-state index in [1.165, 1.54) is 18.4 Å². The van der Waals surface area contributed by atoms with Gasteiger partial charge in [-0.05, 0) is 29.0 Å². The zero-order valence-electron chi connectivity index (χ0n) is 8.58. The van der Waals surface area contributed by atoms with Gasteiger partial charge in [0.05, 0.1) is 11.6 Å². The van der Waals surface area contributed by atoms with Crippen LogP contribution in [0.5, 0.6) is 0 Å². The van der Waals surface area contributed by atoms with Crippen LogP contribution in [0.1, 0.15) is 25.3 Å². The molecule has 1 heterocycles. The van der Waals surface area contributed by atoms with Gasteiger partial charge in [0, 0.05) is 0 Å². The van der Waals surface area contributed by atoms with Crippen molar-refractivity contribution < 1.29 is 8.81 Å². The molecule has 0 saturated heterocycles. The maximum Gasteiger partial charge on any atom is 0.343 e. The Morgan fingerprint density at radius 1 is 1.27 bits per heavy atom. The standard InChI is InChI=1S/C12H11FO2/c1-7(2)11-6-15-12(14)10-5-8(13)3-4-9(10)11/h3-7H,1-2H3. The van der Waals surface area contributed by atoms with E-state index < -0.39 is 11.4 Å². The Kier molecular flexibility index (Phi) is 2.31. The molecule has 2 nitrogen and oxygen atoms in total. The molecule has 78 valence electrons. The number of benzene rings is 1. The number of halogens is 1. The molecule has 0 amide bonds. The second-order valence-electron chi connectivity index (χ2n) is 3.82. The molecule has 0 saturated carbocycles. The first-order valence-electron chi connectivity index (χ1n) is 4.80. The predicted molar refractivity (Wildman–Crippen MR) is 56.5 cm³/mol. The molecule has 15 heavy (non-hydrogen) atoms. The topological polar surface area (TPSA) is 30.2 Å². The van der Waals surface area contributed by atoms with Crippen molar-refractivity contribution in [3.05, 3.63) is 46.3 Å². The monoisotopic (exact) mass is 206 g/mol. The van der Waals surface area contributed by atoms with Gasteiger partial charge in [0.25, 0.3) is 0 Å². The molecule has 0 unspecified atom stereocenters. The van der Waals surface area contributed by atoms with Crippen molar-refractivity contribution in [2.75, 3.05) is 0 Å². The summed E-state index contributed by atoms with van der Waals surface area (Å²) in [4.78, 5) is 11.4. The lowest BCUT2D eigenvalue weighted by Crippen LogP contribution is -2.02. The van der Waals surface area contributed by atoms with Gasteiger partial charge >= 0.3 is 5.63 Å². The summed E-state index contributed by atoms with van der Waals surface area (Å²) in [6.07, 6.45) is 1.45. The van der Waals surface area contributed by atoms with Crippen LogP contribution in [0.15, 0.2) is 33.7 Å². The van der Waals surface area contributed by atoms with E-state index >= 15 is 0 Å². The Hall–Kier alpha value is -1.64. The van der Waals surface area contributed by atoms with Crippen molar-refractivity contribution in [1.82, 2.24) is 0 Å². The third-order valence-corrected chi connectivity index (χ3v) is 2.43. The van der Waals surface area contributed by atoms with Crippen LogP contribution in [0.2, 0.25) is 0 Å². The second kappa shape index (κ2) is 3.50. The van der Waals surface area contributed by atoms with E-state index in [1.807, 2.05) is 13.8 Å². The van der Waals surface area contributed by atoms with Gasteiger partial charge < -0.3 is 4.42 Å². The molecule has 2 rings (SSSR count). The molecule has 0 N–H and O–H groups in total. The van der Waals surface area contributed by atoms with Crippen LogP contribution < -0.4 is 5.63 Å². The van der Waals surface area contributed by atoms with E-state index in [-0.39, 0.29) is 5.92 Å². The van der Waals surface area contributed by atoms with Crippen LogP contribution >= 0.6 is 0 Å². The summed E-state index contributed by atoms with van der Waals surface area (Å²) >= 11 is 0. The summed E-state index contributed by atoms with van der Waals surface area (Å²) < 4.78 is 17.8. The molecule has 3 heteroatoms. The van der Waals surface area contributed by atoms with E-state index in [9.17, 15) is 9.18 Å². The summed E-state index contributed by atoms with van der Waals surface area (Å²) in [6.45, 7) is 4.00. The highest BCUT2D eigenvalue weighted by Crippen LogP contribution is 2.23. The van der Waals surface area contributed by atoms with Crippen molar-refractivity contribution in [1.29, 1.82) is 0 Å². The highest BCUT2D eigenvalue weighted by Gasteiger charge is 2.09. The molecule has 0 aliphatic heterocycles. The van der Waals surface area contributed by atoms with Gasteiger partial charge in [-0.2, -0.15) is 0 Å². The molecule has 0 radical (unpaired) electrons. The van der Waals surface area contributed by atoms with Gasteiger partial charge in [-0.3, -0.25) is 0 Å². The summed E-state index contributed by atoms with van der Waals surface area (Å²) in [7, 11) is 0. The molecular weight excluding hydrogens is 195 g/mol. The van der Waals surface area contributed by atoms with Gasteiger partial charge in [0.1, 0.15) is 5.82 Å². The first-order valence-corrected chi connectivity index (χ1v) is 4.80. The van der Waals surface area contributed by atoms with Crippen molar-refractivity contribution >= 4 is 10.8 Å². The number of hydrogen-bond donors (Lipinski definition) is 0. The zero-order valence-corrected chi connectivity index (χ0v) is 8.58. The van der Waals surface area contributed by atoms with E-state index in [2.05, 4.69) is 0 Å². The van der Waals surface area contributed by atoms with Crippen molar-refractivity contribution in [2.45, 2.75) is 19.8 Å². The normalized spacial score (nSPS) is 11.2. The van der Waals surface area contributed by atoms with Gasteiger partial charge in [-0.1, -0.05) is 19.9 Å². The molecule has 0 fully saturated rings. The SMILES string of the molecule is CC(C)c1coc(=O)c2cc(F)ccc12. The average Bonchev–Trinajstić information content (AvgIpc) is 2.19. The largest absolute Gasteiger partial charge is 0.431 e. The Morgan fingerprint density at radius 3 is 2.67 bits per heavy atom. The van der Waals surface area contributed by atoms with Crippen LogP contribution in [-0.2, 0) is 0 Å². The van der Waals surface area contributed by atoms with Crippen LogP contribution in [0.4, 0.5) is 4.39 Å². The lowest BCUT2D eigenvalue weighted by Gasteiger charge is -2.07. The third kappa shape index (κ3) is 1.65. The van der Waals surface area contributed by atoms with E-state index in [0.717, 1.165) is 10.9 Å². The first kappa shape index (κ1) is 9.90. The number of rotatable bonds is 1. The van der Waals surface area contributed by atoms with E-state index in [0.29, 0.717) is 5.39 Å². The van der Waals surface area contributed by atoms with Crippen molar-refractivity contribution in [3.8, 4) is 0 Å².